The van der Waals surface area contributed by atoms with Crippen molar-refractivity contribution in [2.24, 2.45) is 0 Å². The van der Waals surface area contributed by atoms with Crippen molar-refractivity contribution < 1.29 is 0 Å². The van der Waals surface area contributed by atoms with Crippen molar-refractivity contribution in [3.8, 4) is 0 Å². The summed E-state index contributed by atoms with van der Waals surface area (Å²) in [4.78, 5) is 0. The summed E-state index contributed by atoms with van der Waals surface area (Å²) >= 11 is 3.36. The molecule has 0 bridgehead atoms. The third-order valence-corrected chi connectivity index (χ3v) is 3.78. The Bertz CT molecular complexity index is 285. The molecule has 0 amide bonds. The van der Waals surface area contributed by atoms with Crippen LogP contribution < -0.4 is 9.44 Å². The lowest BCUT2D eigenvalue weighted by Gasteiger charge is -2.18. The fraction of sp³-hybridized carbons (Fsp3) is 0.333. The molecule has 0 aliphatic rings. The summed E-state index contributed by atoms with van der Waals surface area (Å²) in [5.74, 6) is 0. The van der Waals surface area contributed by atoms with Gasteiger partial charge in [0.1, 0.15) is 0 Å². The highest BCUT2D eigenvalue weighted by molar-refractivity contribution is 8.17. The van der Waals surface area contributed by atoms with Gasteiger partial charge in [0.15, 0.2) is 0 Å². The standard InChI is InChI=1S/C9H14N2S2/c1-7-4-5-8(6-9(7)10)11(12-2)13-3/h4-6H,10H2,1-3H3. The van der Waals surface area contributed by atoms with Crippen molar-refractivity contribution in [1.29, 1.82) is 0 Å². The van der Waals surface area contributed by atoms with Gasteiger partial charge in [0.25, 0.3) is 0 Å². The lowest BCUT2D eigenvalue weighted by atomic mass is 10.2. The van der Waals surface area contributed by atoms with Gasteiger partial charge in [-0.1, -0.05) is 6.07 Å². The van der Waals surface area contributed by atoms with Crippen molar-refractivity contribution in [2.75, 3.05) is 22.0 Å². The van der Waals surface area contributed by atoms with Crippen LogP contribution in [-0.4, -0.2) is 12.5 Å². The van der Waals surface area contributed by atoms with Gasteiger partial charge < -0.3 is 5.73 Å². The molecule has 72 valence electrons. The van der Waals surface area contributed by atoms with Crippen LogP contribution in [-0.2, 0) is 0 Å². The molecule has 0 unspecified atom stereocenters. The molecule has 2 nitrogen and oxygen atoms in total. The number of aryl methyl sites for hydroxylation is 1. The Kier molecular flexibility index (Phi) is 3.81. The summed E-state index contributed by atoms with van der Waals surface area (Å²) in [6.45, 7) is 2.02. The van der Waals surface area contributed by atoms with E-state index in [-0.39, 0.29) is 0 Å². The number of benzene rings is 1. The van der Waals surface area contributed by atoms with Gasteiger partial charge in [-0.25, -0.2) is 0 Å². The predicted octanol–water partition coefficient (Wildman–Crippen LogP) is 2.94. The SMILES string of the molecule is CSN(SC)c1ccc(C)c(N)c1. The third kappa shape index (κ3) is 2.48. The van der Waals surface area contributed by atoms with E-state index in [1.165, 1.54) is 0 Å². The molecule has 1 rings (SSSR count). The molecule has 13 heavy (non-hydrogen) atoms. The van der Waals surface area contributed by atoms with Crippen LogP contribution in [0.25, 0.3) is 0 Å². The molecule has 0 atom stereocenters. The van der Waals surface area contributed by atoms with Crippen LogP contribution >= 0.6 is 23.9 Å². The highest BCUT2D eigenvalue weighted by atomic mass is 32.2. The van der Waals surface area contributed by atoms with Gasteiger partial charge in [-0.05, 0) is 48.5 Å². The van der Waals surface area contributed by atoms with Crippen molar-refractivity contribution >= 4 is 35.3 Å². The highest BCUT2D eigenvalue weighted by Crippen LogP contribution is 2.29. The number of rotatable bonds is 3. The monoisotopic (exact) mass is 214 g/mol. The van der Waals surface area contributed by atoms with Gasteiger partial charge in [-0.15, -0.1) is 0 Å². The van der Waals surface area contributed by atoms with Gasteiger partial charge >= 0.3 is 0 Å². The van der Waals surface area contributed by atoms with E-state index in [0.717, 1.165) is 16.9 Å². The van der Waals surface area contributed by atoms with E-state index >= 15 is 0 Å². The molecule has 0 heterocycles. The molecule has 0 radical (unpaired) electrons. The Hall–Kier alpha value is -0.480. The summed E-state index contributed by atoms with van der Waals surface area (Å²) in [6.07, 6.45) is 4.10. The molecule has 0 aromatic heterocycles. The third-order valence-electron chi connectivity index (χ3n) is 1.81. The maximum Gasteiger partial charge on any atom is 0.0614 e. The summed E-state index contributed by atoms with van der Waals surface area (Å²) in [7, 11) is 0. The van der Waals surface area contributed by atoms with Crippen LogP contribution in [0.4, 0.5) is 11.4 Å². The minimum Gasteiger partial charge on any atom is -0.398 e. The van der Waals surface area contributed by atoms with Crippen LogP contribution in [0.3, 0.4) is 0 Å². The summed E-state index contributed by atoms with van der Waals surface area (Å²) in [5, 5.41) is 0. The molecule has 4 heteroatoms. The lowest BCUT2D eigenvalue weighted by molar-refractivity contribution is 1.46. The van der Waals surface area contributed by atoms with Gasteiger partial charge in [-0.2, -0.15) is 0 Å². The van der Waals surface area contributed by atoms with Crippen molar-refractivity contribution in [3.63, 3.8) is 0 Å². The fourth-order valence-electron chi connectivity index (χ4n) is 1.03. The van der Waals surface area contributed by atoms with E-state index in [1.807, 2.05) is 31.6 Å². The van der Waals surface area contributed by atoms with Crippen LogP contribution in [0.2, 0.25) is 0 Å². The predicted molar refractivity (Wildman–Crippen MR) is 65.1 cm³/mol. The van der Waals surface area contributed by atoms with Gasteiger partial charge in [0.2, 0.25) is 0 Å². The Morgan fingerprint density at radius 2 is 1.85 bits per heavy atom. The van der Waals surface area contributed by atoms with E-state index in [4.69, 9.17) is 5.73 Å². The van der Waals surface area contributed by atoms with E-state index in [1.54, 1.807) is 23.9 Å². The average molecular weight is 214 g/mol. The first-order valence-corrected chi connectivity index (χ1v) is 6.30. The Morgan fingerprint density at radius 1 is 1.23 bits per heavy atom. The quantitative estimate of drug-likeness (QED) is 0.619. The largest absolute Gasteiger partial charge is 0.398 e. The van der Waals surface area contributed by atoms with E-state index in [9.17, 15) is 0 Å². The maximum atomic E-state index is 5.82. The fourth-order valence-corrected chi connectivity index (χ4v) is 2.27. The van der Waals surface area contributed by atoms with Crippen LogP contribution in [0.1, 0.15) is 5.56 Å². The van der Waals surface area contributed by atoms with Gasteiger partial charge in [-0.3, -0.25) is 3.71 Å². The summed E-state index contributed by atoms with van der Waals surface area (Å²) in [6, 6.07) is 6.13. The smallest absolute Gasteiger partial charge is 0.0614 e. The Balaban J connectivity index is 2.95. The number of anilines is 2. The van der Waals surface area contributed by atoms with E-state index < -0.39 is 0 Å². The second-order valence-electron chi connectivity index (χ2n) is 2.66. The van der Waals surface area contributed by atoms with Crippen LogP contribution in [0.5, 0.6) is 0 Å². The molecule has 0 aliphatic heterocycles. The number of hydrogen-bond acceptors (Lipinski definition) is 4. The molecular formula is C9H14N2S2. The maximum absolute atomic E-state index is 5.82. The van der Waals surface area contributed by atoms with E-state index in [2.05, 4.69) is 9.78 Å². The molecule has 0 aliphatic carbocycles. The minimum atomic E-state index is 0.852. The van der Waals surface area contributed by atoms with Crippen LogP contribution in [0.15, 0.2) is 18.2 Å². The Labute approximate surface area is 88.1 Å². The first-order chi connectivity index (χ1) is 6.19. The molecule has 2 N–H and O–H groups in total. The molecule has 0 spiro atoms. The second-order valence-corrected chi connectivity index (χ2v) is 4.35. The zero-order chi connectivity index (χ0) is 9.84. The molecule has 0 saturated carbocycles. The molecule has 0 saturated heterocycles. The molecular weight excluding hydrogens is 200 g/mol. The Morgan fingerprint density at radius 3 is 2.31 bits per heavy atom. The molecule has 1 aromatic carbocycles. The normalized spacial score (nSPS) is 10.1. The summed E-state index contributed by atoms with van der Waals surface area (Å²) < 4.78 is 2.12. The minimum absolute atomic E-state index is 0.852. The summed E-state index contributed by atoms with van der Waals surface area (Å²) in [5.41, 5.74) is 8.95. The van der Waals surface area contributed by atoms with Crippen molar-refractivity contribution in [3.05, 3.63) is 23.8 Å². The first-order valence-electron chi connectivity index (χ1n) is 3.93. The zero-order valence-corrected chi connectivity index (χ0v) is 9.71. The van der Waals surface area contributed by atoms with Gasteiger partial charge in [0.05, 0.1) is 5.69 Å². The van der Waals surface area contributed by atoms with Crippen molar-refractivity contribution in [2.45, 2.75) is 6.92 Å². The van der Waals surface area contributed by atoms with E-state index in [0.29, 0.717) is 0 Å². The van der Waals surface area contributed by atoms with Crippen molar-refractivity contribution in [1.82, 2.24) is 0 Å². The zero-order valence-electron chi connectivity index (χ0n) is 8.07. The lowest BCUT2D eigenvalue weighted by Crippen LogP contribution is -2.02. The average Bonchev–Trinajstić information content (AvgIpc) is 2.13. The second kappa shape index (κ2) is 4.67. The highest BCUT2D eigenvalue weighted by Gasteiger charge is 2.04. The number of nitrogen functional groups attached to an aromatic ring is 1. The first kappa shape index (κ1) is 10.6. The molecule has 1 aromatic rings. The van der Waals surface area contributed by atoms with Crippen LogP contribution in [0, 0.1) is 6.92 Å². The molecule has 0 fully saturated rings. The number of nitrogens with zero attached hydrogens (tertiary/aromatic N) is 1. The number of hydrogen-bond donors (Lipinski definition) is 1. The topological polar surface area (TPSA) is 29.3 Å². The van der Waals surface area contributed by atoms with Gasteiger partial charge in [0, 0.05) is 18.2 Å². The number of nitrogens with two attached hydrogens (primary N) is 1.